The fourth-order valence-corrected chi connectivity index (χ4v) is 4.99. The molecule has 3 heterocycles. The van der Waals surface area contributed by atoms with Crippen LogP contribution in [0.25, 0.3) is 0 Å². The molecule has 166 valence electrons. The highest BCUT2D eigenvalue weighted by Gasteiger charge is 2.52. The number of nitrogens with one attached hydrogen (secondary N) is 1. The Bertz CT molecular complexity index is 868. The van der Waals surface area contributed by atoms with Crippen LogP contribution >= 0.6 is 0 Å². The van der Waals surface area contributed by atoms with Crippen LogP contribution in [0, 0.1) is 0 Å². The van der Waals surface area contributed by atoms with Gasteiger partial charge in [0.1, 0.15) is 18.1 Å². The Labute approximate surface area is 182 Å². The molecule has 2 atom stereocenters. The fraction of sp³-hybridized carbons (Fsp3) is 0.565. The van der Waals surface area contributed by atoms with Gasteiger partial charge in [0.05, 0.1) is 0 Å². The minimum absolute atomic E-state index is 0.00468. The normalized spacial score (nSPS) is 26.4. The van der Waals surface area contributed by atoms with Crippen molar-refractivity contribution in [3.63, 3.8) is 0 Å². The Morgan fingerprint density at radius 1 is 1.03 bits per heavy atom. The number of urea groups is 1. The average Bonchev–Trinajstić information content (AvgIpc) is 3.42. The number of nitrogens with zero attached hydrogens (tertiary/aromatic N) is 3. The fourth-order valence-electron chi connectivity index (χ4n) is 4.99. The van der Waals surface area contributed by atoms with Crippen LogP contribution < -0.4 is 5.32 Å². The Balaban J connectivity index is 1.51. The maximum absolute atomic E-state index is 13.3. The number of rotatable bonds is 5. The highest BCUT2D eigenvalue weighted by atomic mass is 16.2. The molecule has 4 rings (SSSR count). The molecule has 1 aromatic rings. The van der Waals surface area contributed by atoms with Crippen molar-refractivity contribution in [2.24, 2.45) is 0 Å². The average molecular weight is 427 g/mol. The third-order valence-electron chi connectivity index (χ3n) is 6.79. The van der Waals surface area contributed by atoms with Crippen molar-refractivity contribution in [2.75, 3.05) is 26.2 Å². The van der Waals surface area contributed by atoms with E-state index in [0.29, 0.717) is 24.9 Å². The van der Waals surface area contributed by atoms with Crippen LogP contribution in [0.2, 0.25) is 0 Å². The Kier molecular flexibility index (Phi) is 5.98. The summed E-state index contributed by atoms with van der Waals surface area (Å²) in [7, 11) is 0. The Morgan fingerprint density at radius 3 is 2.39 bits per heavy atom. The molecule has 3 aliphatic heterocycles. The molecule has 0 radical (unpaired) electrons. The van der Waals surface area contributed by atoms with E-state index in [-0.39, 0.29) is 18.4 Å². The third kappa shape index (κ3) is 3.79. The largest absolute Gasteiger partial charge is 0.341 e. The van der Waals surface area contributed by atoms with Gasteiger partial charge in [-0.3, -0.25) is 19.3 Å². The maximum atomic E-state index is 13.3. The first kappa shape index (κ1) is 21.3. The van der Waals surface area contributed by atoms with Crippen LogP contribution in [-0.4, -0.2) is 70.7 Å². The van der Waals surface area contributed by atoms with Gasteiger partial charge >= 0.3 is 6.03 Å². The molecule has 1 aromatic carbocycles. The molecule has 5 amide bonds. The topological polar surface area (TPSA) is 90.0 Å². The molecule has 0 saturated carbocycles. The number of carbonyl (C=O) groups is 4. The molecule has 8 heteroatoms. The quantitative estimate of drug-likeness (QED) is 0.728. The highest BCUT2D eigenvalue weighted by molar-refractivity contribution is 6.09. The molecule has 0 aliphatic carbocycles. The number of carbonyl (C=O) groups excluding carboxylic acids is 4. The van der Waals surface area contributed by atoms with Gasteiger partial charge < -0.3 is 15.1 Å². The van der Waals surface area contributed by atoms with Crippen molar-refractivity contribution in [3.05, 3.63) is 35.9 Å². The number of benzene rings is 1. The number of amides is 5. The molecule has 1 N–H and O–H groups in total. The van der Waals surface area contributed by atoms with Gasteiger partial charge in [-0.15, -0.1) is 0 Å². The first-order valence-electron chi connectivity index (χ1n) is 11.3. The van der Waals surface area contributed by atoms with E-state index in [1.54, 1.807) is 4.90 Å². The van der Waals surface area contributed by atoms with Crippen molar-refractivity contribution >= 4 is 23.8 Å². The van der Waals surface area contributed by atoms with E-state index in [0.717, 1.165) is 43.7 Å². The second-order valence-electron chi connectivity index (χ2n) is 8.58. The number of imide groups is 1. The lowest BCUT2D eigenvalue weighted by Gasteiger charge is -2.37. The van der Waals surface area contributed by atoms with Crippen LogP contribution in [0.5, 0.6) is 0 Å². The first-order chi connectivity index (χ1) is 15.0. The summed E-state index contributed by atoms with van der Waals surface area (Å²) in [5, 5.41) is 2.81. The number of piperidine rings is 1. The summed E-state index contributed by atoms with van der Waals surface area (Å²) >= 11 is 0. The smallest absolute Gasteiger partial charge is 0.325 e. The van der Waals surface area contributed by atoms with Gasteiger partial charge in [-0.25, -0.2) is 4.79 Å². The standard InChI is InChI=1S/C23H30N4O4/c1-2-23(17-10-4-3-5-11-17)21(30)27(22(31)24-23)16-19(28)26-15-7-6-12-18(26)20(29)25-13-8-9-14-25/h3-5,10-11,18H,2,6-9,12-16H2,1H3,(H,24,31)/t18-,23+/m1/s1. The maximum Gasteiger partial charge on any atom is 0.325 e. The van der Waals surface area contributed by atoms with E-state index in [2.05, 4.69) is 5.32 Å². The molecule has 3 fully saturated rings. The van der Waals surface area contributed by atoms with E-state index in [9.17, 15) is 19.2 Å². The summed E-state index contributed by atoms with van der Waals surface area (Å²) in [5.74, 6) is -0.769. The second kappa shape index (κ2) is 8.69. The molecular weight excluding hydrogens is 396 g/mol. The van der Waals surface area contributed by atoms with Crippen LogP contribution in [0.3, 0.4) is 0 Å². The molecule has 0 bridgehead atoms. The lowest BCUT2D eigenvalue weighted by molar-refractivity contribution is -0.148. The van der Waals surface area contributed by atoms with Crippen molar-refractivity contribution in [1.29, 1.82) is 0 Å². The molecule has 8 nitrogen and oxygen atoms in total. The van der Waals surface area contributed by atoms with E-state index < -0.39 is 23.5 Å². The van der Waals surface area contributed by atoms with Crippen molar-refractivity contribution in [1.82, 2.24) is 20.0 Å². The zero-order valence-corrected chi connectivity index (χ0v) is 18.0. The number of hydrogen-bond acceptors (Lipinski definition) is 4. The van der Waals surface area contributed by atoms with Gasteiger partial charge in [-0.05, 0) is 44.1 Å². The number of likely N-dealkylation sites (tertiary alicyclic amines) is 2. The summed E-state index contributed by atoms with van der Waals surface area (Å²) in [6, 6.07) is 8.05. The van der Waals surface area contributed by atoms with Gasteiger partial charge in [-0.2, -0.15) is 0 Å². The van der Waals surface area contributed by atoms with Crippen LogP contribution in [0.15, 0.2) is 30.3 Å². The van der Waals surface area contributed by atoms with E-state index in [1.165, 1.54) is 0 Å². The Hall–Kier alpha value is -2.90. The molecule has 0 spiro atoms. The van der Waals surface area contributed by atoms with Crippen molar-refractivity contribution < 1.29 is 19.2 Å². The molecule has 0 aromatic heterocycles. The first-order valence-corrected chi connectivity index (χ1v) is 11.3. The third-order valence-corrected chi connectivity index (χ3v) is 6.79. The minimum Gasteiger partial charge on any atom is -0.341 e. The molecular formula is C23H30N4O4. The zero-order chi connectivity index (χ0) is 22.0. The zero-order valence-electron chi connectivity index (χ0n) is 18.0. The molecule has 3 aliphatic rings. The second-order valence-corrected chi connectivity index (χ2v) is 8.58. The van der Waals surface area contributed by atoms with Crippen LogP contribution in [0.4, 0.5) is 4.79 Å². The summed E-state index contributed by atoms with van der Waals surface area (Å²) in [4.78, 5) is 56.6. The monoisotopic (exact) mass is 426 g/mol. The van der Waals surface area contributed by atoms with Gasteiger partial charge in [-0.1, -0.05) is 37.3 Å². The Morgan fingerprint density at radius 2 is 1.71 bits per heavy atom. The van der Waals surface area contributed by atoms with E-state index >= 15 is 0 Å². The summed E-state index contributed by atoms with van der Waals surface area (Å²) < 4.78 is 0. The predicted octanol–water partition coefficient (Wildman–Crippen LogP) is 1.85. The summed E-state index contributed by atoms with van der Waals surface area (Å²) in [5.41, 5.74) is -0.462. The van der Waals surface area contributed by atoms with Crippen molar-refractivity contribution in [3.8, 4) is 0 Å². The highest BCUT2D eigenvalue weighted by Crippen LogP contribution is 2.32. The molecule has 3 saturated heterocycles. The van der Waals surface area contributed by atoms with Gasteiger partial charge in [0.25, 0.3) is 5.91 Å². The van der Waals surface area contributed by atoms with Gasteiger partial charge in [0.2, 0.25) is 11.8 Å². The molecule has 0 unspecified atom stereocenters. The summed E-state index contributed by atoms with van der Waals surface area (Å²) in [6.45, 7) is 3.44. The molecule has 31 heavy (non-hydrogen) atoms. The lowest BCUT2D eigenvalue weighted by Crippen LogP contribution is -2.55. The van der Waals surface area contributed by atoms with E-state index in [4.69, 9.17) is 0 Å². The minimum atomic E-state index is -1.16. The summed E-state index contributed by atoms with van der Waals surface area (Å²) in [6.07, 6.45) is 4.71. The van der Waals surface area contributed by atoms with Gasteiger partial charge in [0, 0.05) is 19.6 Å². The van der Waals surface area contributed by atoms with Gasteiger partial charge in [0.15, 0.2) is 0 Å². The van der Waals surface area contributed by atoms with E-state index in [1.807, 2.05) is 42.2 Å². The SMILES string of the molecule is CC[C@@]1(c2ccccc2)NC(=O)N(CC(=O)N2CCCC[C@@H]2C(=O)N2CCCC2)C1=O. The predicted molar refractivity (Wildman–Crippen MR) is 114 cm³/mol. The van der Waals surface area contributed by atoms with Crippen molar-refractivity contribution in [2.45, 2.75) is 57.0 Å². The number of hydrogen-bond donors (Lipinski definition) is 1. The lowest BCUT2D eigenvalue weighted by atomic mass is 9.87. The van der Waals surface area contributed by atoms with Crippen LogP contribution in [0.1, 0.15) is 51.0 Å². The van der Waals surface area contributed by atoms with Crippen LogP contribution in [-0.2, 0) is 19.9 Å².